The maximum atomic E-state index is 12.3. The molecule has 9 heteroatoms. The van der Waals surface area contributed by atoms with E-state index >= 15 is 0 Å². The average molecular weight is 386 g/mol. The number of benzene rings is 1. The van der Waals surface area contributed by atoms with Crippen LogP contribution >= 0.6 is 0 Å². The summed E-state index contributed by atoms with van der Waals surface area (Å²) in [5.74, 6) is 0.399. The molecule has 2 aromatic rings. The smallest absolute Gasteiger partial charge is 0.407 e. The topological polar surface area (TPSA) is 103 Å². The van der Waals surface area contributed by atoms with E-state index in [9.17, 15) is 9.59 Å². The summed E-state index contributed by atoms with van der Waals surface area (Å²) in [6.45, 7) is 0.960. The molecular formula is C19H22N4O5. The lowest BCUT2D eigenvalue weighted by Gasteiger charge is -2.17. The lowest BCUT2D eigenvalue weighted by atomic mass is 10.2. The van der Waals surface area contributed by atoms with Gasteiger partial charge in [0.05, 0.1) is 13.7 Å². The van der Waals surface area contributed by atoms with Crippen LogP contribution in [0.15, 0.2) is 42.7 Å². The van der Waals surface area contributed by atoms with Crippen molar-refractivity contribution in [2.75, 3.05) is 26.7 Å². The van der Waals surface area contributed by atoms with Gasteiger partial charge in [0.1, 0.15) is 19.3 Å². The molecule has 1 N–H and O–H groups in total. The van der Waals surface area contributed by atoms with Crippen LogP contribution in [0.4, 0.5) is 4.79 Å². The molecule has 28 heavy (non-hydrogen) atoms. The Kier molecular flexibility index (Phi) is 6.61. The zero-order valence-corrected chi connectivity index (χ0v) is 15.5. The second-order valence-corrected chi connectivity index (χ2v) is 6.15. The van der Waals surface area contributed by atoms with Crippen molar-refractivity contribution in [3.05, 3.63) is 48.3 Å². The third kappa shape index (κ3) is 5.32. The van der Waals surface area contributed by atoms with E-state index in [-0.39, 0.29) is 25.2 Å². The Morgan fingerprint density at radius 3 is 2.68 bits per heavy atom. The highest BCUT2D eigenvalue weighted by Crippen LogP contribution is 2.23. The van der Waals surface area contributed by atoms with E-state index in [1.54, 1.807) is 4.90 Å². The van der Waals surface area contributed by atoms with Crippen molar-refractivity contribution in [1.82, 2.24) is 20.2 Å². The van der Waals surface area contributed by atoms with E-state index in [0.717, 1.165) is 5.56 Å². The van der Waals surface area contributed by atoms with Gasteiger partial charge in [-0.1, -0.05) is 30.3 Å². The van der Waals surface area contributed by atoms with Crippen LogP contribution in [0.2, 0.25) is 0 Å². The normalized spacial score (nSPS) is 15.8. The molecule has 148 valence electrons. The SMILES string of the molecule is COc1nccnc1OC1CCN(C(=O)CNC(=O)OCc2ccccc2)C1. The molecule has 0 radical (unpaired) electrons. The molecule has 1 aromatic heterocycles. The number of carbonyl (C=O) groups excluding carboxylic acids is 2. The van der Waals surface area contributed by atoms with Crippen LogP contribution in [0.25, 0.3) is 0 Å². The summed E-state index contributed by atoms with van der Waals surface area (Å²) in [6, 6.07) is 9.32. The van der Waals surface area contributed by atoms with Gasteiger partial charge in [-0.05, 0) is 5.56 Å². The maximum Gasteiger partial charge on any atom is 0.407 e. The number of likely N-dealkylation sites (tertiary alicyclic amines) is 1. The van der Waals surface area contributed by atoms with Crippen molar-refractivity contribution in [3.8, 4) is 11.8 Å². The predicted octanol–water partition coefficient (Wildman–Crippen LogP) is 1.39. The van der Waals surface area contributed by atoms with Crippen LogP contribution in [0.5, 0.6) is 11.8 Å². The Labute approximate surface area is 162 Å². The van der Waals surface area contributed by atoms with Crippen molar-refractivity contribution in [3.63, 3.8) is 0 Å². The number of rotatable bonds is 7. The molecular weight excluding hydrogens is 364 g/mol. The molecule has 3 rings (SSSR count). The Hall–Kier alpha value is -3.36. The summed E-state index contributed by atoms with van der Waals surface area (Å²) in [6.07, 6.45) is 2.84. The number of methoxy groups -OCH3 is 1. The number of hydrogen-bond donors (Lipinski definition) is 1. The van der Waals surface area contributed by atoms with Crippen LogP contribution < -0.4 is 14.8 Å². The lowest BCUT2D eigenvalue weighted by Crippen LogP contribution is -2.40. The molecule has 1 unspecified atom stereocenters. The number of aromatic nitrogens is 2. The fourth-order valence-electron chi connectivity index (χ4n) is 2.78. The molecule has 9 nitrogen and oxygen atoms in total. The van der Waals surface area contributed by atoms with Gasteiger partial charge in [-0.15, -0.1) is 0 Å². The minimum Gasteiger partial charge on any atom is -0.477 e. The highest BCUT2D eigenvalue weighted by Gasteiger charge is 2.29. The van der Waals surface area contributed by atoms with E-state index < -0.39 is 6.09 Å². The Bertz CT molecular complexity index is 802. The highest BCUT2D eigenvalue weighted by molar-refractivity contribution is 5.82. The molecule has 1 aromatic carbocycles. The Balaban J connectivity index is 1.40. The molecule has 0 aliphatic carbocycles. The molecule has 0 spiro atoms. The van der Waals surface area contributed by atoms with Crippen molar-refractivity contribution in [2.45, 2.75) is 19.1 Å². The Morgan fingerprint density at radius 2 is 1.93 bits per heavy atom. The number of carbonyl (C=O) groups is 2. The zero-order valence-electron chi connectivity index (χ0n) is 15.5. The molecule has 2 amide bonds. The molecule has 0 saturated carbocycles. The fraction of sp³-hybridized carbons (Fsp3) is 0.368. The number of nitrogens with one attached hydrogen (secondary N) is 1. The van der Waals surface area contributed by atoms with E-state index in [1.165, 1.54) is 19.5 Å². The van der Waals surface area contributed by atoms with Gasteiger partial charge < -0.3 is 24.4 Å². The molecule has 1 aliphatic rings. The minimum atomic E-state index is -0.631. The van der Waals surface area contributed by atoms with Crippen LogP contribution in [0.3, 0.4) is 0 Å². The summed E-state index contributed by atoms with van der Waals surface area (Å²) in [5.41, 5.74) is 0.878. The van der Waals surface area contributed by atoms with Crippen molar-refractivity contribution >= 4 is 12.0 Å². The standard InChI is InChI=1S/C19H22N4O5/c1-26-17-18(21-9-8-20-17)28-15-7-10-23(12-15)16(24)11-22-19(25)27-13-14-5-3-2-4-6-14/h2-6,8-9,15H,7,10-13H2,1H3,(H,22,25). The predicted molar refractivity (Wildman–Crippen MR) is 98.8 cm³/mol. The second-order valence-electron chi connectivity index (χ2n) is 6.15. The Morgan fingerprint density at radius 1 is 1.18 bits per heavy atom. The molecule has 1 aliphatic heterocycles. The number of nitrogens with zero attached hydrogens (tertiary/aromatic N) is 3. The van der Waals surface area contributed by atoms with Crippen LogP contribution in [0, 0.1) is 0 Å². The van der Waals surface area contributed by atoms with Gasteiger partial charge in [0.2, 0.25) is 5.91 Å². The van der Waals surface area contributed by atoms with Gasteiger partial charge in [-0.3, -0.25) is 4.79 Å². The van der Waals surface area contributed by atoms with E-state index in [2.05, 4.69) is 15.3 Å². The van der Waals surface area contributed by atoms with Gasteiger partial charge in [-0.2, -0.15) is 0 Å². The summed E-state index contributed by atoms with van der Waals surface area (Å²) in [7, 11) is 1.49. The first-order valence-electron chi connectivity index (χ1n) is 8.89. The summed E-state index contributed by atoms with van der Waals surface area (Å²) in [4.78, 5) is 33.8. The van der Waals surface area contributed by atoms with E-state index in [4.69, 9.17) is 14.2 Å². The second kappa shape index (κ2) is 9.54. The number of alkyl carbamates (subject to hydrolysis) is 1. The van der Waals surface area contributed by atoms with Crippen molar-refractivity contribution in [2.24, 2.45) is 0 Å². The van der Waals surface area contributed by atoms with Crippen LogP contribution in [-0.4, -0.2) is 59.7 Å². The van der Waals surface area contributed by atoms with Gasteiger partial charge in [0, 0.05) is 25.4 Å². The monoisotopic (exact) mass is 386 g/mol. The average Bonchev–Trinajstić information content (AvgIpc) is 3.20. The lowest BCUT2D eigenvalue weighted by molar-refractivity contribution is -0.129. The van der Waals surface area contributed by atoms with Gasteiger partial charge >= 0.3 is 6.09 Å². The van der Waals surface area contributed by atoms with Gasteiger partial charge in [-0.25, -0.2) is 14.8 Å². The first-order valence-corrected chi connectivity index (χ1v) is 8.89. The summed E-state index contributed by atoms with van der Waals surface area (Å²) in [5, 5.41) is 2.48. The number of amides is 2. The summed E-state index contributed by atoms with van der Waals surface area (Å²) < 4.78 is 16.0. The van der Waals surface area contributed by atoms with E-state index in [0.29, 0.717) is 31.3 Å². The first-order chi connectivity index (χ1) is 13.7. The number of hydrogen-bond acceptors (Lipinski definition) is 7. The highest BCUT2D eigenvalue weighted by atomic mass is 16.5. The molecule has 1 atom stereocenters. The third-order valence-electron chi connectivity index (χ3n) is 4.20. The quantitative estimate of drug-likeness (QED) is 0.767. The molecule has 0 bridgehead atoms. The van der Waals surface area contributed by atoms with Crippen molar-refractivity contribution < 1.29 is 23.8 Å². The molecule has 1 saturated heterocycles. The molecule has 1 fully saturated rings. The third-order valence-corrected chi connectivity index (χ3v) is 4.20. The summed E-state index contributed by atoms with van der Waals surface area (Å²) >= 11 is 0. The van der Waals surface area contributed by atoms with E-state index in [1.807, 2.05) is 30.3 Å². The van der Waals surface area contributed by atoms with Crippen molar-refractivity contribution in [1.29, 1.82) is 0 Å². The zero-order chi connectivity index (χ0) is 19.8. The first kappa shape index (κ1) is 19.4. The maximum absolute atomic E-state index is 12.3. The molecule has 2 heterocycles. The largest absolute Gasteiger partial charge is 0.477 e. The minimum absolute atomic E-state index is 0.130. The van der Waals surface area contributed by atoms with Gasteiger partial charge in [0.15, 0.2) is 0 Å². The number of ether oxygens (including phenoxy) is 3. The van der Waals surface area contributed by atoms with Gasteiger partial charge in [0.25, 0.3) is 11.8 Å². The fourth-order valence-corrected chi connectivity index (χ4v) is 2.78. The van der Waals surface area contributed by atoms with Crippen LogP contribution in [-0.2, 0) is 16.1 Å². The van der Waals surface area contributed by atoms with Crippen LogP contribution in [0.1, 0.15) is 12.0 Å².